The van der Waals surface area contributed by atoms with Gasteiger partial charge in [-0.25, -0.2) is 0 Å². The van der Waals surface area contributed by atoms with Gasteiger partial charge >= 0.3 is 0 Å². The Bertz CT molecular complexity index is 345. The molecule has 5 heteroatoms. The van der Waals surface area contributed by atoms with Gasteiger partial charge in [-0.3, -0.25) is 0 Å². The van der Waals surface area contributed by atoms with Crippen LogP contribution in [0.2, 0.25) is 0 Å². The van der Waals surface area contributed by atoms with Gasteiger partial charge in [0.1, 0.15) is 6.10 Å². The van der Waals surface area contributed by atoms with Crippen LogP contribution in [-0.2, 0) is 14.2 Å². The molecular formula is C15H31NO4. The van der Waals surface area contributed by atoms with Crippen molar-refractivity contribution in [2.45, 2.75) is 63.9 Å². The first-order valence-corrected chi connectivity index (χ1v) is 7.21. The minimum absolute atomic E-state index is 0.336. The van der Waals surface area contributed by atoms with Gasteiger partial charge in [0.25, 0.3) is 0 Å². The van der Waals surface area contributed by atoms with Crippen LogP contribution in [-0.4, -0.2) is 55.4 Å². The van der Waals surface area contributed by atoms with Crippen LogP contribution in [0.4, 0.5) is 0 Å². The van der Waals surface area contributed by atoms with Crippen molar-refractivity contribution in [1.29, 1.82) is 0 Å². The Kier molecular flexibility index (Phi) is 4.94. The molecule has 5 nitrogen and oxygen atoms in total. The SMILES string of the molecule is CC[C@]1(C)C(C)(COC)O[C@@H](COC)C(C)(N)[C@]1(C)O. The minimum atomic E-state index is -1.12. The van der Waals surface area contributed by atoms with E-state index in [0.29, 0.717) is 13.2 Å². The highest BCUT2D eigenvalue weighted by Crippen LogP contribution is 2.55. The zero-order chi connectivity index (χ0) is 15.8. The molecule has 20 heavy (non-hydrogen) atoms. The monoisotopic (exact) mass is 289 g/mol. The second kappa shape index (κ2) is 5.54. The maximum atomic E-state index is 11.3. The predicted octanol–water partition coefficient (Wildman–Crippen LogP) is 1.32. The van der Waals surface area contributed by atoms with Gasteiger partial charge in [-0.05, 0) is 27.2 Å². The summed E-state index contributed by atoms with van der Waals surface area (Å²) < 4.78 is 16.9. The standard InChI is InChI=1S/C15H31NO4/c1-8-12(2)13(3,10-19-7)20-11(9-18-6)14(4,16)15(12,5)17/h11,17H,8-10,16H2,1-7H3/t11-,12+,13?,14?,15+/m0/s1. The molecule has 0 aliphatic carbocycles. The van der Waals surface area contributed by atoms with Crippen molar-refractivity contribution in [3.05, 3.63) is 0 Å². The lowest BCUT2D eigenvalue weighted by Crippen LogP contribution is -2.81. The molecule has 5 atom stereocenters. The molecule has 0 bridgehead atoms. The lowest BCUT2D eigenvalue weighted by Gasteiger charge is -2.65. The van der Waals surface area contributed by atoms with Gasteiger partial charge in [-0.1, -0.05) is 13.8 Å². The van der Waals surface area contributed by atoms with Gasteiger partial charge in [0.15, 0.2) is 0 Å². The molecule has 0 radical (unpaired) electrons. The van der Waals surface area contributed by atoms with Crippen molar-refractivity contribution in [2.75, 3.05) is 27.4 Å². The third-order valence-corrected chi connectivity index (χ3v) is 5.81. The number of hydrogen-bond acceptors (Lipinski definition) is 5. The Labute approximate surface area is 122 Å². The van der Waals surface area contributed by atoms with Gasteiger partial charge in [0.05, 0.1) is 30.0 Å². The van der Waals surface area contributed by atoms with Crippen LogP contribution in [0.5, 0.6) is 0 Å². The van der Waals surface area contributed by atoms with Crippen molar-refractivity contribution in [1.82, 2.24) is 0 Å². The number of aliphatic hydroxyl groups is 1. The summed E-state index contributed by atoms with van der Waals surface area (Å²) in [5, 5.41) is 11.3. The summed E-state index contributed by atoms with van der Waals surface area (Å²) >= 11 is 0. The Balaban J connectivity index is 3.36. The molecule has 0 saturated carbocycles. The van der Waals surface area contributed by atoms with Crippen LogP contribution >= 0.6 is 0 Å². The molecular weight excluding hydrogens is 258 g/mol. The van der Waals surface area contributed by atoms with Gasteiger partial charge in [0, 0.05) is 19.6 Å². The molecule has 1 heterocycles. The van der Waals surface area contributed by atoms with Crippen molar-refractivity contribution < 1.29 is 19.3 Å². The fraction of sp³-hybridized carbons (Fsp3) is 1.00. The summed E-state index contributed by atoms with van der Waals surface area (Å²) in [6.45, 7) is 10.4. The maximum Gasteiger partial charge on any atom is 0.102 e. The first-order chi connectivity index (χ1) is 9.04. The van der Waals surface area contributed by atoms with Crippen molar-refractivity contribution in [2.24, 2.45) is 11.1 Å². The van der Waals surface area contributed by atoms with Crippen LogP contribution in [0.25, 0.3) is 0 Å². The predicted molar refractivity (Wildman–Crippen MR) is 78.6 cm³/mol. The zero-order valence-corrected chi connectivity index (χ0v) is 13.9. The van der Waals surface area contributed by atoms with Crippen LogP contribution in [0, 0.1) is 5.41 Å². The Morgan fingerprint density at radius 1 is 1.15 bits per heavy atom. The summed E-state index contributed by atoms with van der Waals surface area (Å²) in [7, 11) is 3.25. The molecule has 0 spiro atoms. The van der Waals surface area contributed by atoms with Gasteiger partial charge < -0.3 is 25.1 Å². The summed E-state index contributed by atoms with van der Waals surface area (Å²) in [6.07, 6.45) is 0.328. The van der Waals surface area contributed by atoms with E-state index >= 15 is 0 Å². The van der Waals surface area contributed by atoms with Crippen molar-refractivity contribution in [3.63, 3.8) is 0 Å². The largest absolute Gasteiger partial charge is 0.387 e. The maximum absolute atomic E-state index is 11.3. The summed E-state index contributed by atoms with van der Waals surface area (Å²) in [6, 6.07) is 0. The molecule has 0 aromatic rings. The summed E-state index contributed by atoms with van der Waals surface area (Å²) in [4.78, 5) is 0. The van der Waals surface area contributed by atoms with Crippen molar-refractivity contribution >= 4 is 0 Å². The Morgan fingerprint density at radius 2 is 1.70 bits per heavy atom. The number of ether oxygens (including phenoxy) is 3. The molecule has 1 aliphatic heterocycles. The highest BCUT2D eigenvalue weighted by atomic mass is 16.6. The first-order valence-electron chi connectivity index (χ1n) is 7.21. The lowest BCUT2D eigenvalue weighted by molar-refractivity contribution is -0.320. The molecule has 0 aromatic carbocycles. The highest BCUT2D eigenvalue weighted by molar-refractivity contribution is 5.20. The smallest absolute Gasteiger partial charge is 0.102 e. The normalized spacial score (nSPS) is 49.4. The average Bonchev–Trinajstić information content (AvgIpc) is 2.35. The van der Waals surface area contributed by atoms with Crippen molar-refractivity contribution in [3.8, 4) is 0 Å². The lowest BCUT2D eigenvalue weighted by atomic mass is 9.53. The van der Waals surface area contributed by atoms with Gasteiger partial charge in [0.2, 0.25) is 0 Å². The van der Waals surface area contributed by atoms with E-state index in [1.54, 1.807) is 21.1 Å². The van der Waals surface area contributed by atoms with E-state index in [9.17, 15) is 5.11 Å². The van der Waals surface area contributed by atoms with E-state index < -0.39 is 28.3 Å². The van der Waals surface area contributed by atoms with Gasteiger partial charge in [-0.15, -0.1) is 0 Å². The number of rotatable bonds is 5. The third kappa shape index (κ3) is 2.20. The highest BCUT2D eigenvalue weighted by Gasteiger charge is 2.68. The Morgan fingerprint density at radius 3 is 2.10 bits per heavy atom. The molecule has 120 valence electrons. The molecule has 2 unspecified atom stereocenters. The Hall–Kier alpha value is -0.200. The van der Waals surface area contributed by atoms with Gasteiger partial charge in [-0.2, -0.15) is 0 Å². The minimum Gasteiger partial charge on any atom is -0.387 e. The van der Waals surface area contributed by atoms with Crippen LogP contribution in [0.1, 0.15) is 41.0 Å². The van der Waals surface area contributed by atoms with Crippen LogP contribution < -0.4 is 5.73 Å². The first kappa shape index (κ1) is 17.9. The zero-order valence-electron chi connectivity index (χ0n) is 13.9. The fourth-order valence-corrected chi connectivity index (χ4v) is 3.53. The van der Waals surface area contributed by atoms with E-state index in [-0.39, 0.29) is 0 Å². The van der Waals surface area contributed by atoms with E-state index in [4.69, 9.17) is 19.9 Å². The molecule has 1 fully saturated rings. The average molecular weight is 289 g/mol. The molecule has 3 N–H and O–H groups in total. The van der Waals surface area contributed by atoms with E-state index in [1.165, 1.54) is 0 Å². The van der Waals surface area contributed by atoms with E-state index in [1.807, 2.05) is 27.7 Å². The molecule has 0 aromatic heterocycles. The number of hydrogen-bond donors (Lipinski definition) is 2. The van der Waals surface area contributed by atoms with Crippen LogP contribution in [0.3, 0.4) is 0 Å². The second-order valence-corrected chi connectivity index (χ2v) is 6.77. The fourth-order valence-electron chi connectivity index (χ4n) is 3.53. The molecule has 1 aliphatic rings. The molecule has 1 rings (SSSR count). The van der Waals surface area contributed by atoms with Crippen LogP contribution in [0.15, 0.2) is 0 Å². The van der Waals surface area contributed by atoms with E-state index in [2.05, 4.69) is 0 Å². The summed E-state index contributed by atoms with van der Waals surface area (Å²) in [5.41, 5.74) is 3.25. The second-order valence-electron chi connectivity index (χ2n) is 6.77. The topological polar surface area (TPSA) is 73.9 Å². The summed E-state index contributed by atoms with van der Waals surface area (Å²) in [5.74, 6) is 0. The quantitative estimate of drug-likeness (QED) is 0.798. The van der Waals surface area contributed by atoms with E-state index in [0.717, 1.165) is 6.42 Å². The molecule has 1 saturated heterocycles. The molecule has 0 amide bonds. The number of nitrogens with two attached hydrogens (primary N) is 1. The third-order valence-electron chi connectivity index (χ3n) is 5.81. The number of methoxy groups -OCH3 is 2.